The van der Waals surface area contributed by atoms with E-state index in [2.05, 4.69) is 23.3 Å². The Morgan fingerprint density at radius 1 is 1.24 bits per heavy atom. The number of hydrogen-bond acceptors (Lipinski definition) is 4. The van der Waals surface area contributed by atoms with Crippen LogP contribution in [0.15, 0.2) is 12.1 Å². The zero-order chi connectivity index (χ0) is 14.7. The average Bonchev–Trinajstić information content (AvgIpc) is 2.72. The van der Waals surface area contributed by atoms with E-state index < -0.39 is 0 Å². The molecule has 1 fully saturated rings. The van der Waals surface area contributed by atoms with Crippen LogP contribution < -0.4 is 14.8 Å². The van der Waals surface area contributed by atoms with Gasteiger partial charge in [-0.25, -0.2) is 0 Å². The van der Waals surface area contributed by atoms with Gasteiger partial charge in [-0.1, -0.05) is 11.6 Å². The molecular weight excluding hydrogens is 288 g/mol. The third kappa shape index (κ3) is 3.82. The lowest BCUT2D eigenvalue weighted by Gasteiger charge is -2.29. The van der Waals surface area contributed by atoms with E-state index in [9.17, 15) is 0 Å². The van der Waals surface area contributed by atoms with Crippen molar-refractivity contribution in [2.45, 2.75) is 31.8 Å². The van der Waals surface area contributed by atoms with Crippen molar-refractivity contribution >= 4 is 11.6 Å². The summed E-state index contributed by atoms with van der Waals surface area (Å²) in [5.74, 6) is 1.47. The molecule has 1 N–H and O–H groups in total. The summed E-state index contributed by atoms with van der Waals surface area (Å²) >= 11 is 6.32. The van der Waals surface area contributed by atoms with E-state index in [4.69, 9.17) is 21.1 Å². The van der Waals surface area contributed by atoms with Crippen LogP contribution in [0.25, 0.3) is 0 Å². The number of fused-ring (bicyclic) bond motifs is 1. The largest absolute Gasteiger partial charge is 0.489 e. The summed E-state index contributed by atoms with van der Waals surface area (Å²) in [4.78, 5) is 2.38. The van der Waals surface area contributed by atoms with Crippen LogP contribution in [0, 0.1) is 0 Å². The topological polar surface area (TPSA) is 33.7 Å². The van der Waals surface area contributed by atoms with Gasteiger partial charge in [-0.05, 0) is 50.7 Å². The summed E-state index contributed by atoms with van der Waals surface area (Å²) in [7, 11) is 2.18. The Balaban J connectivity index is 1.63. The van der Waals surface area contributed by atoms with Gasteiger partial charge in [0.15, 0.2) is 11.5 Å². The molecule has 5 heteroatoms. The first-order valence-electron chi connectivity index (χ1n) is 7.72. The second-order valence-corrected chi connectivity index (χ2v) is 6.32. The van der Waals surface area contributed by atoms with Gasteiger partial charge < -0.3 is 19.7 Å². The first-order valence-corrected chi connectivity index (χ1v) is 8.10. The van der Waals surface area contributed by atoms with Gasteiger partial charge in [-0.3, -0.25) is 0 Å². The number of likely N-dealkylation sites (tertiary alicyclic amines) is 1. The van der Waals surface area contributed by atoms with E-state index in [1.165, 1.54) is 25.9 Å². The SMILES string of the molecule is CN1CCC(NCc2cc(Cl)c3c(c2)OCCCO3)CC1. The highest BCUT2D eigenvalue weighted by Crippen LogP contribution is 2.38. The highest BCUT2D eigenvalue weighted by molar-refractivity contribution is 6.32. The van der Waals surface area contributed by atoms with Crippen molar-refractivity contribution in [2.24, 2.45) is 0 Å². The fourth-order valence-electron chi connectivity index (χ4n) is 2.86. The molecule has 0 atom stereocenters. The summed E-state index contributed by atoms with van der Waals surface area (Å²) in [6.45, 7) is 4.51. The van der Waals surface area contributed by atoms with Crippen LogP contribution in [-0.2, 0) is 6.54 Å². The van der Waals surface area contributed by atoms with Crippen molar-refractivity contribution in [1.29, 1.82) is 0 Å². The molecule has 1 aromatic rings. The van der Waals surface area contributed by atoms with E-state index >= 15 is 0 Å². The Bertz CT molecular complexity index is 487. The zero-order valence-corrected chi connectivity index (χ0v) is 13.3. The summed E-state index contributed by atoms with van der Waals surface area (Å²) in [5.41, 5.74) is 1.16. The molecule has 2 heterocycles. The molecule has 0 saturated carbocycles. The fraction of sp³-hybridized carbons (Fsp3) is 0.625. The molecule has 0 radical (unpaired) electrons. The third-order valence-corrected chi connectivity index (χ3v) is 4.46. The van der Waals surface area contributed by atoms with Gasteiger partial charge in [0, 0.05) is 19.0 Å². The van der Waals surface area contributed by atoms with E-state index in [-0.39, 0.29) is 0 Å². The molecule has 0 aromatic heterocycles. The van der Waals surface area contributed by atoms with Crippen molar-refractivity contribution < 1.29 is 9.47 Å². The fourth-order valence-corrected chi connectivity index (χ4v) is 3.15. The van der Waals surface area contributed by atoms with Gasteiger partial charge in [0.1, 0.15) is 0 Å². The maximum Gasteiger partial charge on any atom is 0.179 e. The Morgan fingerprint density at radius 3 is 2.81 bits per heavy atom. The lowest BCUT2D eigenvalue weighted by molar-refractivity contribution is 0.234. The summed E-state index contributed by atoms with van der Waals surface area (Å²) in [5, 5.41) is 4.27. The first-order chi connectivity index (χ1) is 10.2. The van der Waals surface area contributed by atoms with Gasteiger partial charge >= 0.3 is 0 Å². The van der Waals surface area contributed by atoms with Crippen LogP contribution in [0.3, 0.4) is 0 Å². The number of benzene rings is 1. The van der Waals surface area contributed by atoms with E-state index in [1.807, 2.05) is 6.07 Å². The van der Waals surface area contributed by atoms with Gasteiger partial charge in [-0.2, -0.15) is 0 Å². The second kappa shape index (κ2) is 6.86. The standard InChI is InChI=1S/C16H23ClN2O2/c1-19-5-3-13(4-6-19)18-11-12-9-14(17)16-15(10-12)20-7-2-8-21-16/h9-10,13,18H,2-8,11H2,1H3. The van der Waals surface area contributed by atoms with E-state index in [1.54, 1.807) is 0 Å². The minimum atomic E-state index is 0.593. The number of rotatable bonds is 3. The monoisotopic (exact) mass is 310 g/mol. The zero-order valence-electron chi connectivity index (χ0n) is 12.5. The minimum absolute atomic E-state index is 0.593. The van der Waals surface area contributed by atoms with Gasteiger partial charge in [-0.15, -0.1) is 0 Å². The lowest BCUT2D eigenvalue weighted by Crippen LogP contribution is -2.40. The quantitative estimate of drug-likeness (QED) is 0.931. The van der Waals surface area contributed by atoms with Gasteiger partial charge in [0.2, 0.25) is 0 Å². The first kappa shape index (κ1) is 14.9. The summed E-state index contributed by atoms with van der Waals surface area (Å²) < 4.78 is 11.4. The number of ether oxygens (including phenoxy) is 2. The Labute approximate surface area is 131 Å². The van der Waals surface area contributed by atoms with Crippen molar-refractivity contribution in [3.8, 4) is 11.5 Å². The molecule has 0 spiro atoms. The van der Waals surface area contributed by atoms with Crippen molar-refractivity contribution in [1.82, 2.24) is 10.2 Å². The molecule has 2 aliphatic rings. The normalized spacial score (nSPS) is 20.3. The molecule has 1 saturated heterocycles. The van der Waals surface area contributed by atoms with Crippen molar-refractivity contribution in [3.05, 3.63) is 22.7 Å². The van der Waals surface area contributed by atoms with Crippen LogP contribution >= 0.6 is 11.6 Å². The molecule has 0 amide bonds. The van der Waals surface area contributed by atoms with Crippen LogP contribution in [0.1, 0.15) is 24.8 Å². The lowest BCUT2D eigenvalue weighted by atomic mass is 10.1. The smallest absolute Gasteiger partial charge is 0.179 e. The second-order valence-electron chi connectivity index (χ2n) is 5.91. The molecule has 0 unspecified atom stereocenters. The van der Waals surface area contributed by atoms with Crippen LogP contribution in [0.4, 0.5) is 0 Å². The Morgan fingerprint density at radius 2 is 2.00 bits per heavy atom. The maximum atomic E-state index is 6.32. The molecule has 1 aromatic carbocycles. The summed E-state index contributed by atoms with van der Waals surface area (Å²) in [6.07, 6.45) is 3.30. The van der Waals surface area contributed by atoms with Crippen molar-refractivity contribution in [3.63, 3.8) is 0 Å². The molecule has 116 valence electrons. The average molecular weight is 311 g/mol. The highest BCUT2D eigenvalue weighted by Gasteiger charge is 2.18. The molecule has 3 rings (SSSR count). The minimum Gasteiger partial charge on any atom is -0.489 e. The number of piperidine rings is 1. The van der Waals surface area contributed by atoms with Crippen LogP contribution in [-0.4, -0.2) is 44.3 Å². The molecule has 4 nitrogen and oxygen atoms in total. The predicted octanol–water partition coefficient (Wildman–Crippen LogP) is 2.69. The molecule has 0 aliphatic carbocycles. The molecule has 2 aliphatic heterocycles. The number of halogens is 1. The van der Waals surface area contributed by atoms with E-state index in [0.29, 0.717) is 30.0 Å². The Kier molecular flexibility index (Phi) is 4.88. The Hall–Kier alpha value is -0.970. The predicted molar refractivity (Wildman–Crippen MR) is 84.4 cm³/mol. The van der Waals surface area contributed by atoms with E-state index in [0.717, 1.165) is 24.3 Å². The number of hydrogen-bond donors (Lipinski definition) is 1. The number of nitrogens with zero attached hydrogens (tertiary/aromatic N) is 1. The third-order valence-electron chi connectivity index (χ3n) is 4.18. The number of nitrogens with one attached hydrogen (secondary N) is 1. The maximum absolute atomic E-state index is 6.32. The van der Waals surface area contributed by atoms with Gasteiger partial charge in [0.25, 0.3) is 0 Å². The molecule has 0 bridgehead atoms. The summed E-state index contributed by atoms with van der Waals surface area (Å²) in [6, 6.07) is 4.63. The van der Waals surface area contributed by atoms with Crippen molar-refractivity contribution in [2.75, 3.05) is 33.4 Å². The molecular formula is C16H23ClN2O2. The molecule has 21 heavy (non-hydrogen) atoms. The van der Waals surface area contributed by atoms with Gasteiger partial charge in [0.05, 0.1) is 18.2 Å². The highest BCUT2D eigenvalue weighted by atomic mass is 35.5. The van der Waals surface area contributed by atoms with Crippen LogP contribution in [0.5, 0.6) is 11.5 Å². The van der Waals surface area contributed by atoms with Crippen LogP contribution in [0.2, 0.25) is 5.02 Å².